The Morgan fingerprint density at radius 2 is 1.85 bits per heavy atom. The highest BCUT2D eigenvalue weighted by Crippen LogP contribution is 2.35. The molecule has 0 spiro atoms. The summed E-state index contributed by atoms with van der Waals surface area (Å²) in [6, 6.07) is 10.8. The Kier molecular flexibility index (Phi) is 7.59. The molecule has 1 amide bonds. The lowest BCUT2D eigenvalue weighted by atomic mass is 9.90. The van der Waals surface area contributed by atoms with Crippen LogP contribution < -0.4 is 4.90 Å². The molecule has 0 aliphatic carbocycles. The first-order chi connectivity index (χ1) is 19.4. The minimum absolute atomic E-state index is 0.249. The van der Waals surface area contributed by atoms with E-state index >= 15 is 0 Å². The van der Waals surface area contributed by atoms with Gasteiger partial charge in [0.1, 0.15) is 17.3 Å². The number of likely N-dealkylation sites (tertiary alicyclic amines) is 2. The van der Waals surface area contributed by atoms with Gasteiger partial charge in [-0.05, 0) is 86.5 Å². The van der Waals surface area contributed by atoms with Crippen molar-refractivity contribution in [1.82, 2.24) is 24.2 Å². The second kappa shape index (κ2) is 11.3. The van der Waals surface area contributed by atoms with Crippen molar-refractivity contribution in [2.75, 3.05) is 44.7 Å². The molecule has 210 valence electrons. The Morgan fingerprint density at radius 1 is 1.07 bits per heavy atom. The number of pyridine rings is 1. The number of nitrogens with zero attached hydrogens (tertiary/aromatic N) is 6. The predicted octanol–water partition coefficient (Wildman–Crippen LogP) is 5.98. The Labute approximate surface area is 239 Å². The number of thiazole rings is 1. The molecule has 2 saturated heterocycles. The summed E-state index contributed by atoms with van der Waals surface area (Å²) in [6.07, 6.45) is 6.28. The van der Waals surface area contributed by atoms with Gasteiger partial charge in [0.05, 0.1) is 17.9 Å². The fraction of sp³-hybridized carbons (Fsp3) is 0.452. The number of benzene rings is 1. The summed E-state index contributed by atoms with van der Waals surface area (Å²) in [5.41, 5.74) is 5.01. The third-order valence-corrected chi connectivity index (χ3v) is 9.37. The zero-order chi connectivity index (χ0) is 27.8. The molecule has 0 bridgehead atoms. The first kappa shape index (κ1) is 26.9. The highest BCUT2D eigenvalue weighted by molar-refractivity contribution is 7.14. The third kappa shape index (κ3) is 5.37. The van der Waals surface area contributed by atoms with E-state index in [0.29, 0.717) is 18.4 Å². The van der Waals surface area contributed by atoms with Gasteiger partial charge in [-0.1, -0.05) is 19.9 Å². The molecular formula is C31H37FN6OS. The molecule has 2 aliphatic rings. The number of piperidine rings is 1. The number of hydrogen-bond donors (Lipinski definition) is 0. The summed E-state index contributed by atoms with van der Waals surface area (Å²) in [4.78, 5) is 29.0. The van der Waals surface area contributed by atoms with Crippen LogP contribution in [0.25, 0.3) is 16.9 Å². The van der Waals surface area contributed by atoms with Gasteiger partial charge in [0, 0.05) is 37.3 Å². The van der Waals surface area contributed by atoms with Crippen molar-refractivity contribution in [3.63, 3.8) is 0 Å². The number of aromatic nitrogens is 3. The van der Waals surface area contributed by atoms with E-state index in [1.54, 1.807) is 23.5 Å². The SMILES string of the molecule is CCc1nc2ccc(C3CCN(CC(=O)N4CCC(C)C4)CC3)cn2c1N(C)c1nc(-c2ccc(F)cc2)cs1. The molecule has 1 unspecified atom stereocenters. The van der Waals surface area contributed by atoms with E-state index in [2.05, 4.69) is 46.4 Å². The monoisotopic (exact) mass is 560 g/mol. The zero-order valence-corrected chi connectivity index (χ0v) is 24.3. The second-order valence-electron chi connectivity index (χ2n) is 11.3. The molecule has 40 heavy (non-hydrogen) atoms. The molecule has 2 fully saturated rings. The van der Waals surface area contributed by atoms with Crippen LogP contribution in [0.4, 0.5) is 15.3 Å². The molecule has 4 aromatic rings. The van der Waals surface area contributed by atoms with Crippen molar-refractivity contribution >= 4 is 33.8 Å². The number of carbonyl (C=O) groups excluding carboxylic acids is 1. The van der Waals surface area contributed by atoms with Gasteiger partial charge in [0.2, 0.25) is 5.91 Å². The summed E-state index contributed by atoms with van der Waals surface area (Å²) in [5.74, 6) is 2.14. The molecule has 7 nitrogen and oxygen atoms in total. The molecule has 1 atom stereocenters. The number of fused-ring (bicyclic) bond motifs is 1. The van der Waals surface area contributed by atoms with E-state index in [1.807, 2.05) is 17.3 Å². The average molecular weight is 561 g/mol. The summed E-state index contributed by atoms with van der Waals surface area (Å²) >= 11 is 1.57. The highest BCUT2D eigenvalue weighted by atomic mass is 32.1. The van der Waals surface area contributed by atoms with Gasteiger partial charge < -0.3 is 9.80 Å². The van der Waals surface area contributed by atoms with E-state index in [0.717, 1.165) is 85.4 Å². The van der Waals surface area contributed by atoms with E-state index in [-0.39, 0.29) is 11.7 Å². The van der Waals surface area contributed by atoms with E-state index < -0.39 is 0 Å². The third-order valence-electron chi connectivity index (χ3n) is 8.45. The first-order valence-corrected chi connectivity index (χ1v) is 15.2. The van der Waals surface area contributed by atoms with Crippen LogP contribution in [0.15, 0.2) is 48.0 Å². The molecule has 0 N–H and O–H groups in total. The van der Waals surface area contributed by atoms with Gasteiger partial charge in [0.15, 0.2) is 5.13 Å². The summed E-state index contributed by atoms with van der Waals surface area (Å²) < 4.78 is 15.6. The minimum Gasteiger partial charge on any atom is -0.341 e. The predicted molar refractivity (Wildman–Crippen MR) is 159 cm³/mol. The Hall–Kier alpha value is -3.30. The number of imidazole rings is 1. The maximum atomic E-state index is 13.4. The van der Waals surface area contributed by atoms with E-state index in [1.165, 1.54) is 17.7 Å². The quantitative estimate of drug-likeness (QED) is 0.279. The van der Waals surface area contributed by atoms with Crippen LogP contribution >= 0.6 is 11.3 Å². The van der Waals surface area contributed by atoms with Crippen molar-refractivity contribution in [2.24, 2.45) is 5.92 Å². The minimum atomic E-state index is -0.249. The number of anilines is 2. The van der Waals surface area contributed by atoms with Crippen molar-refractivity contribution in [1.29, 1.82) is 0 Å². The Morgan fingerprint density at radius 3 is 2.55 bits per heavy atom. The molecule has 1 aromatic carbocycles. The number of amides is 1. The number of aryl methyl sites for hydroxylation is 1. The summed E-state index contributed by atoms with van der Waals surface area (Å²) in [5, 5.41) is 2.88. The number of rotatable bonds is 7. The lowest BCUT2D eigenvalue weighted by Crippen LogP contribution is -2.42. The highest BCUT2D eigenvalue weighted by Gasteiger charge is 2.28. The first-order valence-electron chi connectivity index (χ1n) is 14.4. The molecule has 2 aliphatic heterocycles. The summed E-state index contributed by atoms with van der Waals surface area (Å²) in [7, 11) is 2.04. The van der Waals surface area contributed by atoms with Gasteiger partial charge in [0.25, 0.3) is 0 Å². The maximum Gasteiger partial charge on any atom is 0.236 e. The average Bonchev–Trinajstić information content (AvgIpc) is 3.71. The maximum absolute atomic E-state index is 13.4. The van der Waals surface area contributed by atoms with Crippen molar-refractivity contribution in [2.45, 2.75) is 45.4 Å². The van der Waals surface area contributed by atoms with E-state index in [9.17, 15) is 9.18 Å². The molecular weight excluding hydrogens is 523 g/mol. The Balaban J connectivity index is 1.19. The van der Waals surface area contributed by atoms with Crippen LogP contribution in [0.1, 0.15) is 50.3 Å². The largest absolute Gasteiger partial charge is 0.341 e. The van der Waals surface area contributed by atoms with Crippen LogP contribution in [-0.4, -0.2) is 69.8 Å². The van der Waals surface area contributed by atoms with Crippen LogP contribution in [-0.2, 0) is 11.2 Å². The van der Waals surface area contributed by atoms with Gasteiger partial charge in [-0.2, -0.15) is 0 Å². The number of halogens is 1. The van der Waals surface area contributed by atoms with Crippen LogP contribution in [0.5, 0.6) is 0 Å². The fourth-order valence-corrected chi connectivity index (χ4v) is 6.87. The zero-order valence-electron chi connectivity index (χ0n) is 23.5. The van der Waals surface area contributed by atoms with Gasteiger partial charge >= 0.3 is 0 Å². The number of carbonyl (C=O) groups is 1. The lowest BCUT2D eigenvalue weighted by molar-refractivity contribution is -0.131. The topological polar surface area (TPSA) is 57.0 Å². The standard InChI is InChI=1S/C31H37FN6OS/c1-4-26-30(35(3)31-34-27(20-40-31)23-5-8-25(32)9-6-23)38-18-24(7-10-28(38)33-26)22-12-14-36(15-13-22)19-29(39)37-16-11-21(2)17-37/h5-10,18,20-22H,4,11-17,19H2,1-3H3. The van der Waals surface area contributed by atoms with Crippen LogP contribution in [0, 0.1) is 11.7 Å². The lowest BCUT2D eigenvalue weighted by Gasteiger charge is -2.32. The molecule has 3 aromatic heterocycles. The molecule has 6 rings (SSSR count). The molecule has 9 heteroatoms. The molecule has 0 saturated carbocycles. The second-order valence-corrected chi connectivity index (χ2v) is 12.1. The fourth-order valence-electron chi connectivity index (χ4n) is 6.07. The van der Waals surface area contributed by atoms with Crippen molar-refractivity contribution in [3.05, 3.63) is 65.0 Å². The Bertz CT molecular complexity index is 1490. The van der Waals surface area contributed by atoms with Gasteiger partial charge in [-0.25, -0.2) is 14.4 Å². The van der Waals surface area contributed by atoms with Gasteiger partial charge in [-0.3, -0.25) is 14.1 Å². The van der Waals surface area contributed by atoms with Crippen LogP contribution in [0.2, 0.25) is 0 Å². The molecule has 5 heterocycles. The molecule has 0 radical (unpaired) electrons. The van der Waals surface area contributed by atoms with Crippen molar-refractivity contribution in [3.8, 4) is 11.3 Å². The smallest absolute Gasteiger partial charge is 0.236 e. The van der Waals surface area contributed by atoms with E-state index in [4.69, 9.17) is 9.97 Å². The van der Waals surface area contributed by atoms with Crippen molar-refractivity contribution < 1.29 is 9.18 Å². The summed E-state index contributed by atoms with van der Waals surface area (Å²) in [6.45, 7) is 8.61. The van der Waals surface area contributed by atoms with Crippen LogP contribution in [0.3, 0.4) is 0 Å². The number of hydrogen-bond acceptors (Lipinski definition) is 6. The van der Waals surface area contributed by atoms with Gasteiger partial charge in [-0.15, -0.1) is 11.3 Å². The normalized spacial score (nSPS) is 18.6.